The van der Waals surface area contributed by atoms with Crippen LogP contribution in [0.3, 0.4) is 0 Å². The average Bonchev–Trinajstić information content (AvgIpc) is 3.65. The van der Waals surface area contributed by atoms with Crippen LogP contribution in [0.5, 0.6) is 17.4 Å². The largest absolute Gasteiger partial charge is 0.496 e. The molecule has 3 aromatic carbocycles. The van der Waals surface area contributed by atoms with E-state index < -0.39 is 12.1 Å². The summed E-state index contributed by atoms with van der Waals surface area (Å²) in [4.78, 5) is 18.6. The van der Waals surface area contributed by atoms with E-state index in [1.165, 1.54) is 0 Å². The first-order valence-corrected chi connectivity index (χ1v) is 19.1. The first-order chi connectivity index (χ1) is 26.7. The molecule has 3 heterocycles. The Hall–Kier alpha value is -4.72. The summed E-state index contributed by atoms with van der Waals surface area (Å²) in [7, 11) is 6.96. The Balaban J connectivity index is 1.15. The number of carboxylic acid groups (broad SMARTS) is 1. The molecular weight excluding hydrogens is 722 g/mol. The summed E-state index contributed by atoms with van der Waals surface area (Å²) in [5, 5.41) is 29.5. The Labute approximate surface area is 325 Å². The van der Waals surface area contributed by atoms with Gasteiger partial charge in [-0.3, -0.25) is 9.69 Å². The maximum Gasteiger partial charge on any atom is 0.306 e. The van der Waals surface area contributed by atoms with E-state index in [1.54, 1.807) is 21.3 Å². The van der Waals surface area contributed by atoms with Crippen molar-refractivity contribution in [2.75, 3.05) is 41.6 Å². The molecule has 3 N–H and O–H groups in total. The lowest BCUT2D eigenvalue weighted by Crippen LogP contribution is -2.46. The molecule has 1 aliphatic heterocycles. The smallest absolute Gasteiger partial charge is 0.306 e. The number of aromatic nitrogens is 3. The maximum absolute atomic E-state index is 11.4. The van der Waals surface area contributed by atoms with Gasteiger partial charge in [-0.1, -0.05) is 48.0 Å². The zero-order chi connectivity index (χ0) is 38.6. The highest BCUT2D eigenvalue weighted by Gasteiger charge is 2.29. The normalized spacial score (nSPS) is 20.1. The van der Waals surface area contributed by atoms with Crippen LogP contribution in [0.1, 0.15) is 43.2 Å². The van der Waals surface area contributed by atoms with E-state index in [1.807, 2.05) is 71.5 Å². The monoisotopic (exact) mass is 769 g/mol. The minimum absolute atomic E-state index is 0.0879. The van der Waals surface area contributed by atoms with E-state index in [0.717, 1.165) is 57.2 Å². The maximum atomic E-state index is 11.4. The van der Waals surface area contributed by atoms with E-state index >= 15 is 0 Å². The Morgan fingerprint density at radius 1 is 0.964 bits per heavy atom. The van der Waals surface area contributed by atoms with Crippen LogP contribution < -0.4 is 19.5 Å². The lowest BCUT2D eigenvalue weighted by molar-refractivity contribution is -0.143. The van der Waals surface area contributed by atoms with Crippen molar-refractivity contribution in [2.24, 2.45) is 5.92 Å². The van der Waals surface area contributed by atoms with Gasteiger partial charge in [0.05, 0.1) is 73.6 Å². The van der Waals surface area contributed by atoms with E-state index in [9.17, 15) is 15.0 Å². The van der Waals surface area contributed by atoms with Gasteiger partial charge >= 0.3 is 5.97 Å². The summed E-state index contributed by atoms with van der Waals surface area (Å²) >= 11 is 7.23. The minimum Gasteiger partial charge on any atom is -0.496 e. The number of hydrogen-bond acceptors (Lipinski definition) is 10. The fourth-order valence-corrected chi connectivity index (χ4v) is 8.29. The Kier molecular flexibility index (Phi) is 11.9. The van der Waals surface area contributed by atoms with Crippen LogP contribution in [0, 0.1) is 5.92 Å². The van der Waals surface area contributed by atoms with E-state index in [-0.39, 0.29) is 12.0 Å². The highest BCUT2D eigenvalue weighted by Crippen LogP contribution is 2.41. The molecule has 1 saturated carbocycles. The molecular formula is C42H48ClN5O7. The summed E-state index contributed by atoms with van der Waals surface area (Å²) in [6.45, 7) is 2.00. The van der Waals surface area contributed by atoms with Crippen molar-refractivity contribution >= 4 is 28.5 Å². The highest BCUT2D eigenvalue weighted by atomic mass is 35.5. The van der Waals surface area contributed by atoms with Crippen molar-refractivity contribution in [3.63, 3.8) is 0 Å². The summed E-state index contributed by atoms with van der Waals surface area (Å²) in [6, 6.07) is 20.1. The van der Waals surface area contributed by atoms with Gasteiger partial charge in [0.15, 0.2) is 0 Å². The molecule has 0 amide bonds. The van der Waals surface area contributed by atoms with Crippen LogP contribution >= 0.6 is 11.6 Å². The molecule has 2 aliphatic rings. The van der Waals surface area contributed by atoms with Gasteiger partial charge in [-0.15, -0.1) is 0 Å². The second kappa shape index (κ2) is 17.0. The number of benzene rings is 3. The van der Waals surface area contributed by atoms with Crippen LogP contribution in [0.15, 0.2) is 66.9 Å². The summed E-state index contributed by atoms with van der Waals surface area (Å²) in [5.74, 6) is 0.869. The van der Waals surface area contributed by atoms with E-state index in [2.05, 4.69) is 17.3 Å². The number of nitrogens with zero attached hydrogens (tertiary/aromatic N) is 4. The number of aliphatic carboxylic acids is 1. The number of carbonyl (C=O) groups is 1. The quantitative estimate of drug-likeness (QED) is 0.117. The number of pyridine rings is 1. The summed E-state index contributed by atoms with van der Waals surface area (Å²) < 4.78 is 24.7. The first-order valence-electron chi connectivity index (χ1n) is 18.7. The number of hydrogen-bond donors (Lipinski definition) is 3. The van der Waals surface area contributed by atoms with Crippen LogP contribution in [-0.4, -0.2) is 95.6 Å². The Morgan fingerprint density at radius 2 is 1.67 bits per heavy atom. The number of aliphatic hydroxyl groups excluding tert-OH is 1. The molecule has 7 rings (SSSR count). The van der Waals surface area contributed by atoms with Crippen molar-refractivity contribution in [1.29, 1.82) is 0 Å². The number of halogens is 1. The van der Waals surface area contributed by atoms with Crippen molar-refractivity contribution < 1.29 is 34.0 Å². The number of methoxy groups -OCH3 is 3. The van der Waals surface area contributed by atoms with E-state index in [4.69, 9.17) is 40.6 Å². The third-order valence-corrected chi connectivity index (χ3v) is 11.5. The fraction of sp³-hybridized carbons (Fsp3) is 0.405. The van der Waals surface area contributed by atoms with Gasteiger partial charge < -0.3 is 34.5 Å². The molecule has 5 aromatic rings. The van der Waals surface area contributed by atoms with Gasteiger partial charge in [0.25, 0.3) is 0 Å². The standard InChI is InChI=1S/C42H48ClN5O7/c1-47(27-14-11-25(12-15-27)42(50)51)23-26-13-16-34(46-41(26)54-4)31-9-5-8-30(40(31)43)29-7-6-10-36-32(29)22-45-48(36)28-19-38(52-2)33(39(20-28)53-3)21-44-35-17-18-55-24-37(35)49/h5-10,13,16,19-20,22,25,27,35,37,44,49H,11-12,14-15,17-18,21,23-24H2,1-4H3,(H,50,51)/t25?,27?,35-,37+/m1/s1. The van der Waals surface area contributed by atoms with Gasteiger partial charge in [0.1, 0.15) is 11.5 Å². The lowest BCUT2D eigenvalue weighted by Gasteiger charge is -2.33. The SMILES string of the molecule is COc1cc(-n2ncc3c(-c4cccc(-c5ccc(CN(C)C6CCC(C(=O)O)CC6)c(OC)n5)c4Cl)cccc32)cc(OC)c1CN[C@@H]1CCOC[C@@H]1O. The van der Waals surface area contributed by atoms with Gasteiger partial charge in [0, 0.05) is 66.0 Å². The lowest BCUT2D eigenvalue weighted by atomic mass is 9.85. The number of rotatable bonds is 13. The topological polar surface area (TPSA) is 140 Å². The van der Waals surface area contributed by atoms with Gasteiger partial charge in [0.2, 0.25) is 5.88 Å². The molecule has 13 heteroatoms. The molecule has 0 bridgehead atoms. The molecule has 1 aliphatic carbocycles. The number of ether oxygens (including phenoxy) is 4. The van der Waals surface area contributed by atoms with Crippen molar-refractivity contribution in [3.8, 4) is 45.5 Å². The van der Waals surface area contributed by atoms with Crippen molar-refractivity contribution in [1.82, 2.24) is 25.0 Å². The molecule has 1 saturated heterocycles. The highest BCUT2D eigenvalue weighted by molar-refractivity contribution is 6.36. The number of fused-ring (bicyclic) bond motifs is 1. The molecule has 55 heavy (non-hydrogen) atoms. The number of carboxylic acids is 1. The minimum atomic E-state index is -0.696. The molecule has 2 aromatic heterocycles. The zero-order valence-electron chi connectivity index (χ0n) is 31.6. The summed E-state index contributed by atoms with van der Waals surface area (Å²) in [6.07, 6.45) is 5.08. The van der Waals surface area contributed by atoms with Crippen LogP contribution in [-0.2, 0) is 22.6 Å². The molecule has 12 nitrogen and oxygen atoms in total. The first kappa shape index (κ1) is 38.6. The molecule has 2 fully saturated rings. The predicted molar refractivity (Wildman–Crippen MR) is 211 cm³/mol. The van der Waals surface area contributed by atoms with Crippen LogP contribution in [0.2, 0.25) is 5.02 Å². The third-order valence-electron chi connectivity index (χ3n) is 11.1. The molecule has 290 valence electrons. The molecule has 2 atom stereocenters. The average molecular weight is 770 g/mol. The predicted octanol–water partition coefficient (Wildman–Crippen LogP) is 6.75. The van der Waals surface area contributed by atoms with Gasteiger partial charge in [-0.2, -0.15) is 5.10 Å². The van der Waals surface area contributed by atoms with Crippen LogP contribution in [0.25, 0.3) is 39.0 Å². The van der Waals surface area contributed by atoms with Crippen LogP contribution in [0.4, 0.5) is 0 Å². The molecule has 0 unspecified atom stereocenters. The third kappa shape index (κ3) is 8.01. The summed E-state index contributed by atoms with van der Waals surface area (Å²) in [5.41, 5.74) is 6.69. The Bertz CT molecular complexity index is 2130. The molecule has 0 radical (unpaired) electrons. The van der Waals surface area contributed by atoms with Gasteiger partial charge in [-0.05, 0) is 56.8 Å². The van der Waals surface area contributed by atoms with Crippen molar-refractivity contribution in [2.45, 2.75) is 63.4 Å². The van der Waals surface area contributed by atoms with E-state index in [0.29, 0.717) is 79.7 Å². The Morgan fingerprint density at radius 3 is 2.36 bits per heavy atom. The van der Waals surface area contributed by atoms with Crippen molar-refractivity contribution in [3.05, 3.63) is 83.0 Å². The zero-order valence-corrected chi connectivity index (χ0v) is 32.4. The number of aliphatic hydroxyl groups is 1. The fourth-order valence-electron chi connectivity index (χ4n) is 7.97. The van der Waals surface area contributed by atoms with Gasteiger partial charge in [-0.25, -0.2) is 9.67 Å². The second-order valence-corrected chi connectivity index (χ2v) is 14.7. The number of nitrogens with one attached hydrogen (secondary N) is 1. The second-order valence-electron chi connectivity index (χ2n) is 14.3. The molecule has 0 spiro atoms.